The number of rotatable bonds is 3. The van der Waals surface area contributed by atoms with Gasteiger partial charge in [0.1, 0.15) is 0 Å². The third-order valence-corrected chi connectivity index (χ3v) is 2.23. The molecule has 0 saturated carbocycles. The van der Waals surface area contributed by atoms with Gasteiger partial charge >= 0.3 is 5.97 Å². The van der Waals surface area contributed by atoms with Crippen LogP contribution in [-0.4, -0.2) is 29.7 Å². The molecule has 1 N–H and O–H groups in total. The van der Waals surface area contributed by atoms with Crippen molar-refractivity contribution < 1.29 is 23.4 Å². The number of carboxylic acids is 1. The SMILES string of the molecule is O=C(O)C1(CC(F)F)CCCCO1. The van der Waals surface area contributed by atoms with Crippen LogP contribution in [0.3, 0.4) is 0 Å². The summed E-state index contributed by atoms with van der Waals surface area (Å²) < 4.78 is 29.1. The van der Waals surface area contributed by atoms with E-state index in [2.05, 4.69) is 0 Å². The van der Waals surface area contributed by atoms with Crippen molar-refractivity contribution in [1.82, 2.24) is 0 Å². The second-order valence-corrected chi connectivity index (χ2v) is 3.20. The fourth-order valence-corrected chi connectivity index (χ4v) is 1.52. The largest absolute Gasteiger partial charge is 0.479 e. The highest BCUT2D eigenvalue weighted by Crippen LogP contribution is 2.30. The minimum atomic E-state index is -2.63. The number of hydrogen-bond donors (Lipinski definition) is 1. The van der Waals surface area contributed by atoms with Crippen LogP contribution in [-0.2, 0) is 9.53 Å². The Morgan fingerprint density at radius 2 is 2.23 bits per heavy atom. The summed E-state index contributed by atoms with van der Waals surface area (Å²) in [4.78, 5) is 10.8. The summed E-state index contributed by atoms with van der Waals surface area (Å²) in [6, 6.07) is 0. The molecule has 0 aromatic carbocycles. The van der Waals surface area contributed by atoms with E-state index in [1.165, 1.54) is 0 Å². The first-order valence-corrected chi connectivity index (χ1v) is 4.22. The van der Waals surface area contributed by atoms with Crippen LogP contribution in [0.2, 0.25) is 0 Å². The topological polar surface area (TPSA) is 46.5 Å². The Kier molecular flexibility index (Phi) is 3.19. The van der Waals surface area contributed by atoms with Crippen molar-refractivity contribution in [3.8, 4) is 0 Å². The zero-order valence-corrected chi connectivity index (χ0v) is 7.13. The summed E-state index contributed by atoms with van der Waals surface area (Å²) >= 11 is 0. The molecule has 1 unspecified atom stereocenters. The summed E-state index contributed by atoms with van der Waals surface area (Å²) in [5.41, 5.74) is -1.63. The van der Waals surface area contributed by atoms with E-state index >= 15 is 0 Å². The Labute approximate surface area is 74.7 Å². The monoisotopic (exact) mass is 194 g/mol. The number of hydrogen-bond acceptors (Lipinski definition) is 2. The van der Waals surface area contributed by atoms with Crippen LogP contribution < -0.4 is 0 Å². The Hall–Kier alpha value is -0.710. The second kappa shape index (κ2) is 4.00. The maximum atomic E-state index is 12.1. The van der Waals surface area contributed by atoms with Gasteiger partial charge in [-0.15, -0.1) is 0 Å². The molecule has 1 aliphatic rings. The van der Waals surface area contributed by atoms with Crippen LogP contribution in [0.4, 0.5) is 8.78 Å². The number of carboxylic acid groups (broad SMARTS) is 1. The van der Waals surface area contributed by atoms with E-state index in [4.69, 9.17) is 9.84 Å². The molecule has 1 saturated heterocycles. The zero-order valence-electron chi connectivity index (χ0n) is 7.13. The fraction of sp³-hybridized carbons (Fsp3) is 0.875. The first-order chi connectivity index (χ1) is 6.07. The molecule has 1 atom stereocenters. The Balaban J connectivity index is 2.67. The second-order valence-electron chi connectivity index (χ2n) is 3.20. The molecule has 1 fully saturated rings. The lowest BCUT2D eigenvalue weighted by atomic mass is 9.91. The van der Waals surface area contributed by atoms with Crippen LogP contribution in [0, 0.1) is 0 Å². The van der Waals surface area contributed by atoms with Crippen LogP contribution >= 0.6 is 0 Å². The highest BCUT2D eigenvalue weighted by atomic mass is 19.3. The van der Waals surface area contributed by atoms with Gasteiger partial charge in [0.2, 0.25) is 6.43 Å². The van der Waals surface area contributed by atoms with E-state index in [9.17, 15) is 13.6 Å². The number of carbonyl (C=O) groups is 1. The third kappa shape index (κ3) is 2.37. The van der Waals surface area contributed by atoms with Gasteiger partial charge in [0.05, 0.1) is 0 Å². The molecular weight excluding hydrogens is 182 g/mol. The maximum Gasteiger partial charge on any atom is 0.336 e. The fourth-order valence-electron chi connectivity index (χ4n) is 1.52. The van der Waals surface area contributed by atoms with E-state index in [-0.39, 0.29) is 13.0 Å². The van der Waals surface area contributed by atoms with Gasteiger partial charge in [0.25, 0.3) is 0 Å². The molecule has 0 aromatic rings. The standard InChI is InChI=1S/C8H12F2O3/c9-6(10)5-8(7(11)12)3-1-2-4-13-8/h6H,1-5H2,(H,11,12). The van der Waals surface area contributed by atoms with Crippen molar-refractivity contribution >= 4 is 5.97 Å². The average Bonchev–Trinajstić information content (AvgIpc) is 2.04. The van der Waals surface area contributed by atoms with Crippen LogP contribution in [0.5, 0.6) is 0 Å². The normalized spacial score (nSPS) is 29.2. The highest BCUT2D eigenvalue weighted by Gasteiger charge is 2.43. The molecule has 0 amide bonds. The summed E-state index contributed by atoms with van der Waals surface area (Å²) in [7, 11) is 0. The lowest BCUT2D eigenvalue weighted by Crippen LogP contribution is -2.45. The molecule has 5 heteroatoms. The molecule has 0 bridgehead atoms. The summed E-state index contributed by atoms with van der Waals surface area (Å²) in [6.45, 7) is 0.263. The third-order valence-electron chi connectivity index (χ3n) is 2.23. The molecular formula is C8H12F2O3. The molecule has 1 heterocycles. The average molecular weight is 194 g/mol. The molecule has 76 valence electrons. The Morgan fingerprint density at radius 1 is 1.54 bits per heavy atom. The zero-order chi connectivity index (χ0) is 9.90. The lowest BCUT2D eigenvalue weighted by molar-refractivity contribution is -0.178. The van der Waals surface area contributed by atoms with E-state index in [0.29, 0.717) is 6.42 Å². The molecule has 1 rings (SSSR count). The quantitative estimate of drug-likeness (QED) is 0.743. The maximum absolute atomic E-state index is 12.1. The molecule has 0 radical (unpaired) electrons. The highest BCUT2D eigenvalue weighted by molar-refractivity contribution is 5.77. The van der Waals surface area contributed by atoms with Crippen molar-refractivity contribution in [1.29, 1.82) is 0 Å². The van der Waals surface area contributed by atoms with Gasteiger partial charge < -0.3 is 9.84 Å². The first-order valence-electron chi connectivity index (χ1n) is 4.22. The van der Waals surface area contributed by atoms with Gasteiger partial charge in [0, 0.05) is 13.0 Å². The minimum Gasteiger partial charge on any atom is -0.479 e. The van der Waals surface area contributed by atoms with Gasteiger partial charge in [-0.25, -0.2) is 13.6 Å². The van der Waals surface area contributed by atoms with Gasteiger partial charge in [-0.05, 0) is 19.3 Å². The summed E-state index contributed by atoms with van der Waals surface area (Å²) in [5.74, 6) is -1.27. The van der Waals surface area contributed by atoms with Crippen molar-refractivity contribution in [2.45, 2.75) is 37.7 Å². The molecule has 0 aliphatic carbocycles. The van der Waals surface area contributed by atoms with Gasteiger partial charge in [0.15, 0.2) is 5.60 Å². The van der Waals surface area contributed by atoms with E-state index in [1.54, 1.807) is 0 Å². The van der Waals surface area contributed by atoms with Crippen molar-refractivity contribution in [2.75, 3.05) is 6.61 Å². The Morgan fingerprint density at radius 3 is 2.62 bits per heavy atom. The Bertz CT molecular complexity index is 188. The first kappa shape index (κ1) is 10.4. The number of halogens is 2. The van der Waals surface area contributed by atoms with E-state index in [0.717, 1.165) is 6.42 Å². The van der Waals surface area contributed by atoms with Gasteiger partial charge in [-0.2, -0.15) is 0 Å². The number of ether oxygens (including phenoxy) is 1. The van der Waals surface area contributed by atoms with Crippen LogP contribution in [0.15, 0.2) is 0 Å². The molecule has 3 nitrogen and oxygen atoms in total. The van der Waals surface area contributed by atoms with Gasteiger partial charge in [-0.3, -0.25) is 0 Å². The minimum absolute atomic E-state index is 0.187. The smallest absolute Gasteiger partial charge is 0.336 e. The predicted molar refractivity (Wildman–Crippen MR) is 40.8 cm³/mol. The van der Waals surface area contributed by atoms with Crippen LogP contribution in [0.1, 0.15) is 25.7 Å². The van der Waals surface area contributed by atoms with Crippen molar-refractivity contribution in [2.24, 2.45) is 0 Å². The summed E-state index contributed by atoms with van der Waals surface area (Å²) in [5, 5.41) is 8.78. The molecule has 0 aromatic heterocycles. The molecule has 13 heavy (non-hydrogen) atoms. The predicted octanol–water partition coefficient (Wildman–Crippen LogP) is 1.67. The van der Waals surface area contributed by atoms with Crippen molar-refractivity contribution in [3.05, 3.63) is 0 Å². The van der Waals surface area contributed by atoms with Crippen molar-refractivity contribution in [3.63, 3.8) is 0 Å². The summed E-state index contributed by atoms with van der Waals surface area (Å²) in [6.07, 6.45) is -1.76. The van der Waals surface area contributed by atoms with Crippen LogP contribution in [0.25, 0.3) is 0 Å². The molecule has 1 aliphatic heterocycles. The van der Waals surface area contributed by atoms with Gasteiger partial charge in [-0.1, -0.05) is 0 Å². The van der Waals surface area contributed by atoms with E-state index in [1.807, 2.05) is 0 Å². The number of aliphatic carboxylic acids is 1. The van der Waals surface area contributed by atoms with E-state index < -0.39 is 24.4 Å². The number of alkyl halides is 2. The molecule has 0 spiro atoms. The lowest BCUT2D eigenvalue weighted by Gasteiger charge is -2.32.